The molecule has 6 nitrogen and oxygen atoms in total. The van der Waals surface area contributed by atoms with E-state index in [-0.39, 0.29) is 24.8 Å². The highest BCUT2D eigenvalue weighted by atomic mass is 79.9. The molecular formula is C16H19BrN2O4. The Morgan fingerprint density at radius 3 is 2.61 bits per heavy atom. The van der Waals surface area contributed by atoms with Gasteiger partial charge in [0.05, 0.1) is 11.8 Å². The average molecular weight is 383 g/mol. The zero-order valence-corrected chi connectivity index (χ0v) is 14.4. The molecule has 0 spiro atoms. The van der Waals surface area contributed by atoms with E-state index < -0.39 is 17.8 Å². The van der Waals surface area contributed by atoms with Gasteiger partial charge >= 0.3 is 5.97 Å². The van der Waals surface area contributed by atoms with Crippen molar-refractivity contribution in [3.8, 4) is 0 Å². The lowest BCUT2D eigenvalue weighted by Gasteiger charge is -2.18. The van der Waals surface area contributed by atoms with Gasteiger partial charge in [-0.2, -0.15) is 0 Å². The molecule has 0 heterocycles. The van der Waals surface area contributed by atoms with Crippen LogP contribution in [0.25, 0.3) is 0 Å². The molecule has 1 aliphatic carbocycles. The maximum absolute atomic E-state index is 12.1. The Kier molecular flexibility index (Phi) is 5.76. The summed E-state index contributed by atoms with van der Waals surface area (Å²) in [6, 6.07) is 7.68. The number of hydrogen-bond acceptors (Lipinski definition) is 3. The molecule has 1 aromatic rings. The molecule has 0 bridgehead atoms. The molecule has 2 rings (SSSR count). The van der Waals surface area contributed by atoms with Gasteiger partial charge in [-0.05, 0) is 18.1 Å². The third-order valence-electron chi connectivity index (χ3n) is 3.87. The summed E-state index contributed by atoms with van der Waals surface area (Å²) >= 11 is 3.44. The number of halogens is 1. The van der Waals surface area contributed by atoms with Crippen LogP contribution >= 0.6 is 15.9 Å². The number of carbonyl (C=O) groups excluding carboxylic acids is 2. The van der Waals surface area contributed by atoms with Gasteiger partial charge in [0.15, 0.2) is 0 Å². The normalized spacial score (nSPS) is 19.0. The van der Waals surface area contributed by atoms with Crippen molar-refractivity contribution in [2.24, 2.45) is 11.8 Å². The van der Waals surface area contributed by atoms with Gasteiger partial charge in [-0.25, -0.2) is 0 Å². The van der Waals surface area contributed by atoms with Gasteiger partial charge in [-0.15, -0.1) is 0 Å². The van der Waals surface area contributed by atoms with Gasteiger partial charge < -0.3 is 15.3 Å². The summed E-state index contributed by atoms with van der Waals surface area (Å²) in [5, 5.41) is 11.4. The number of carboxylic acids is 1. The lowest BCUT2D eigenvalue weighted by atomic mass is 10.2. The fraction of sp³-hybridized carbons (Fsp3) is 0.438. The van der Waals surface area contributed by atoms with Crippen molar-refractivity contribution < 1.29 is 19.5 Å². The molecule has 1 aliphatic rings. The predicted octanol–water partition coefficient (Wildman–Crippen LogP) is 1.63. The third-order valence-corrected chi connectivity index (χ3v) is 4.65. The second-order valence-electron chi connectivity index (χ2n) is 5.67. The highest BCUT2D eigenvalue weighted by Gasteiger charge is 2.48. The van der Waals surface area contributed by atoms with Gasteiger partial charge in [0.2, 0.25) is 11.8 Å². The maximum atomic E-state index is 12.1. The van der Waals surface area contributed by atoms with Crippen molar-refractivity contribution in [1.82, 2.24) is 10.2 Å². The summed E-state index contributed by atoms with van der Waals surface area (Å²) < 4.78 is 0.946. The van der Waals surface area contributed by atoms with Crippen LogP contribution in [0.5, 0.6) is 0 Å². The SMILES string of the molecule is CN(Cc1ccccc1Br)C(=O)CCNC(=O)C1CC1C(=O)O. The first-order chi connectivity index (χ1) is 10.9. The standard InChI is InChI=1S/C16H19BrN2O4/c1-19(9-10-4-2-3-5-13(10)17)14(20)6-7-18-15(21)11-8-12(11)16(22)23/h2-5,11-12H,6-9H2,1H3,(H,18,21)(H,22,23). The van der Waals surface area contributed by atoms with E-state index in [1.165, 1.54) is 0 Å². The van der Waals surface area contributed by atoms with Gasteiger partial charge in [0, 0.05) is 31.0 Å². The fourth-order valence-electron chi connectivity index (χ4n) is 2.34. The van der Waals surface area contributed by atoms with E-state index in [1.54, 1.807) is 11.9 Å². The molecule has 1 aromatic carbocycles. The number of rotatable bonds is 7. The summed E-state index contributed by atoms with van der Waals surface area (Å²) in [6.07, 6.45) is 0.578. The summed E-state index contributed by atoms with van der Waals surface area (Å²) in [4.78, 5) is 36.1. The van der Waals surface area contributed by atoms with E-state index in [4.69, 9.17) is 5.11 Å². The Morgan fingerprint density at radius 1 is 1.30 bits per heavy atom. The topological polar surface area (TPSA) is 86.7 Å². The first-order valence-corrected chi connectivity index (χ1v) is 8.17. The predicted molar refractivity (Wildman–Crippen MR) is 87.5 cm³/mol. The second kappa shape index (κ2) is 7.59. The second-order valence-corrected chi connectivity index (χ2v) is 6.52. The molecule has 1 fully saturated rings. The van der Waals surface area contributed by atoms with E-state index in [9.17, 15) is 14.4 Å². The number of benzene rings is 1. The molecular weight excluding hydrogens is 364 g/mol. The largest absolute Gasteiger partial charge is 0.481 e. The number of carbonyl (C=O) groups is 3. The average Bonchev–Trinajstić information content (AvgIpc) is 3.30. The highest BCUT2D eigenvalue weighted by molar-refractivity contribution is 9.10. The van der Waals surface area contributed by atoms with E-state index in [0.717, 1.165) is 10.0 Å². The fourth-order valence-corrected chi connectivity index (χ4v) is 2.75. The molecule has 2 atom stereocenters. The van der Waals surface area contributed by atoms with Crippen molar-refractivity contribution in [2.45, 2.75) is 19.4 Å². The Labute approximate surface area is 143 Å². The molecule has 0 aliphatic heterocycles. The third kappa shape index (κ3) is 4.79. The van der Waals surface area contributed by atoms with Gasteiger partial charge in [-0.1, -0.05) is 34.1 Å². The maximum Gasteiger partial charge on any atom is 0.307 e. The van der Waals surface area contributed by atoms with Crippen LogP contribution in [0.15, 0.2) is 28.7 Å². The van der Waals surface area contributed by atoms with Crippen LogP contribution in [0.2, 0.25) is 0 Å². The first-order valence-electron chi connectivity index (χ1n) is 7.38. The molecule has 7 heteroatoms. The van der Waals surface area contributed by atoms with E-state index in [2.05, 4.69) is 21.2 Å². The molecule has 2 unspecified atom stereocenters. The minimum atomic E-state index is -0.936. The number of hydrogen-bond donors (Lipinski definition) is 2. The van der Waals surface area contributed by atoms with Gasteiger partial charge in [0.1, 0.15) is 0 Å². The molecule has 0 aromatic heterocycles. The van der Waals surface area contributed by atoms with Crippen molar-refractivity contribution in [3.63, 3.8) is 0 Å². The zero-order valence-electron chi connectivity index (χ0n) is 12.8. The van der Waals surface area contributed by atoms with Crippen molar-refractivity contribution in [2.75, 3.05) is 13.6 Å². The Bertz CT molecular complexity index is 620. The Hall–Kier alpha value is -1.89. The number of amides is 2. The lowest BCUT2D eigenvalue weighted by molar-refractivity contribution is -0.140. The van der Waals surface area contributed by atoms with Crippen LogP contribution in [0.3, 0.4) is 0 Å². The molecule has 2 amide bonds. The molecule has 0 saturated heterocycles. The van der Waals surface area contributed by atoms with Crippen molar-refractivity contribution in [1.29, 1.82) is 0 Å². The lowest BCUT2D eigenvalue weighted by Crippen LogP contribution is -2.33. The number of aliphatic carboxylic acids is 1. The van der Waals surface area contributed by atoms with Crippen LogP contribution in [0.1, 0.15) is 18.4 Å². The van der Waals surface area contributed by atoms with E-state index >= 15 is 0 Å². The summed E-state index contributed by atoms with van der Waals surface area (Å²) in [7, 11) is 1.71. The number of nitrogens with zero attached hydrogens (tertiary/aromatic N) is 1. The van der Waals surface area contributed by atoms with Crippen LogP contribution < -0.4 is 5.32 Å². The molecule has 124 valence electrons. The van der Waals surface area contributed by atoms with Gasteiger partial charge in [0.25, 0.3) is 0 Å². The molecule has 23 heavy (non-hydrogen) atoms. The molecule has 0 radical (unpaired) electrons. The highest BCUT2D eigenvalue weighted by Crippen LogP contribution is 2.38. The van der Waals surface area contributed by atoms with Crippen molar-refractivity contribution >= 4 is 33.7 Å². The monoisotopic (exact) mass is 382 g/mol. The Balaban J connectivity index is 1.71. The van der Waals surface area contributed by atoms with Gasteiger partial charge in [-0.3, -0.25) is 14.4 Å². The minimum absolute atomic E-state index is 0.0772. The Morgan fingerprint density at radius 2 is 2.00 bits per heavy atom. The summed E-state index contributed by atoms with van der Waals surface area (Å²) in [6.45, 7) is 0.707. The first kappa shape index (κ1) is 17.5. The molecule has 2 N–H and O–H groups in total. The van der Waals surface area contributed by atoms with Crippen molar-refractivity contribution in [3.05, 3.63) is 34.3 Å². The van der Waals surface area contributed by atoms with E-state index in [1.807, 2.05) is 24.3 Å². The smallest absolute Gasteiger partial charge is 0.307 e. The summed E-state index contributed by atoms with van der Waals surface area (Å²) in [5.41, 5.74) is 1.01. The number of nitrogens with one attached hydrogen (secondary N) is 1. The quantitative estimate of drug-likeness (QED) is 0.750. The van der Waals surface area contributed by atoms with Crippen LogP contribution in [0.4, 0.5) is 0 Å². The van der Waals surface area contributed by atoms with Crippen LogP contribution in [-0.4, -0.2) is 41.4 Å². The summed E-state index contributed by atoms with van der Waals surface area (Å²) in [5.74, 6) is -2.30. The number of carboxylic acid groups (broad SMARTS) is 1. The van der Waals surface area contributed by atoms with Crippen LogP contribution in [0, 0.1) is 11.8 Å². The van der Waals surface area contributed by atoms with E-state index in [0.29, 0.717) is 13.0 Å². The van der Waals surface area contributed by atoms with Crippen LogP contribution in [-0.2, 0) is 20.9 Å². The molecule has 1 saturated carbocycles. The zero-order chi connectivity index (χ0) is 17.0. The minimum Gasteiger partial charge on any atom is -0.481 e.